The van der Waals surface area contributed by atoms with Gasteiger partial charge in [0.25, 0.3) is 0 Å². The van der Waals surface area contributed by atoms with Crippen LogP contribution in [0.25, 0.3) is 0 Å². The lowest BCUT2D eigenvalue weighted by molar-refractivity contribution is 0.327. The van der Waals surface area contributed by atoms with E-state index in [9.17, 15) is 8.78 Å². The van der Waals surface area contributed by atoms with Gasteiger partial charge in [0, 0.05) is 19.1 Å². The van der Waals surface area contributed by atoms with Gasteiger partial charge >= 0.3 is 0 Å². The molecule has 0 aromatic heterocycles. The van der Waals surface area contributed by atoms with Crippen LogP contribution < -0.4 is 4.90 Å². The quantitative estimate of drug-likeness (QED) is 0.834. The van der Waals surface area contributed by atoms with Gasteiger partial charge in [-0.25, -0.2) is 8.78 Å². The largest absolute Gasteiger partial charge is 0.362 e. The first-order valence-corrected chi connectivity index (χ1v) is 6.91. The van der Waals surface area contributed by atoms with Gasteiger partial charge in [0.15, 0.2) is 11.6 Å². The van der Waals surface area contributed by atoms with Crippen molar-refractivity contribution in [1.29, 1.82) is 5.26 Å². The molecule has 1 unspecified atom stereocenters. The minimum Gasteiger partial charge on any atom is -0.362 e. The number of hydrogen-bond donors (Lipinski definition) is 0. The number of likely N-dealkylation sites (N-methyl/N-ethyl adjacent to an activating group) is 1. The zero-order chi connectivity index (χ0) is 14.7. The summed E-state index contributed by atoms with van der Waals surface area (Å²) >= 11 is 0. The van der Waals surface area contributed by atoms with Crippen molar-refractivity contribution in [2.45, 2.75) is 25.8 Å². The molecule has 2 rings (SSSR count). The second-order valence-electron chi connectivity index (χ2n) is 5.27. The van der Waals surface area contributed by atoms with Crippen molar-refractivity contribution in [3.8, 4) is 6.07 Å². The molecule has 1 heterocycles. The lowest BCUT2D eigenvalue weighted by atomic mass is 10.1. The van der Waals surface area contributed by atoms with Gasteiger partial charge in [0.2, 0.25) is 0 Å². The fourth-order valence-corrected chi connectivity index (χ4v) is 2.79. The minimum absolute atomic E-state index is 0.00569. The molecule has 1 saturated heterocycles. The molecule has 5 heteroatoms. The second kappa shape index (κ2) is 6.19. The van der Waals surface area contributed by atoms with E-state index >= 15 is 0 Å². The van der Waals surface area contributed by atoms with Gasteiger partial charge in [-0.3, -0.25) is 0 Å². The van der Waals surface area contributed by atoms with Crippen molar-refractivity contribution < 1.29 is 8.78 Å². The van der Waals surface area contributed by atoms with Crippen molar-refractivity contribution in [3.63, 3.8) is 0 Å². The number of benzene rings is 1. The third-order valence-electron chi connectivity index (χ3n) is 3.81. The molecule has 1 atom stereocenters. The van der Waals surface area contributed by atoms with E-state index in [0.29, 0.717) is 6.54 Å². The molecule has 108 valence electrons. The predicted molar refractivity (Wildman–Crippen MR) is 74.6 cm³/mol. The Labute approximate surface area is 118 Å². The molecule has 0 bridgehead atoms. The summed E-state index contributed by atoms with van der Waals surface area (Å²) in [6, 6.07) is 4.08. The monoisotopic (exact) mass is 279 g/mol. The van der Waals surface area contributed by atoms with E-state index in [0.717, 1.165) is 38.1 Å². The highest BCUT2D eigenvalue weighted by molar-refractivity contribution is 5.53. The van der Waals surface area contributed by atoms with E-state index < -0.39 is 11.6 Å². The highest BCUT2D eigenvalue weighted by atomic mass is 19.1. The average Bonchev–Trinajstić information content (AvgIpc) is 2.59. The van der Waals surface area contributed by atoms with E-state index in [1.165, 1.54) is 0 Å². The Balaban J connectivity index is 2.40. The Morgan fingerprint density at radius 2 is 1.95 bits per heavy atom. The van der Waals surface area contributed by atoms with E-state index in [1.54, 1.807) is 6.07 Å². The van der Waals surface area contributed by atoms with Gasteiger partial charge in [0.1, 0.15) is 5.69 Å². The first-order valence-electron chi connectivity index (χ1n) is 6.91. The van der Waals surface area contributed by atoms with E-state index in [1.807, 2.05) is 18.9 Å². The number of hydrogen-bond acceptors (Lipinski definition) is 3. The first-order chi connectivity index (χ1) is 9.56. The second-order valence-corrected chi connectivity index (χ2v) is 5.27. The Kier molecular flexibility index (Phi) is 4.56. The molecule has 0 radical (unpaired) electrons. The lowest BCUT2D eigenvalue weighted by Gasteiger charge is -2.32. The molecule has 0 aliphatic carbocycles. The fourth-order valence-electron chi connectivity index (χ4n) is 2.79. The van der Waals surface area contributed by atoms with Crippen molar-refractivity contribution in [2.24, 2.45) is 0 Å². The van der Waals surface area contributed by atoms with Crippen LogP contribution in [0.15, 0.2) is 12.1 Å². The summed E-state index contributed by atoms with van der Waals surface area (Å²) in [5.74, 6) is -1.30. The van der Waals surface area contributed by atoms with Gasteiger partial charge in [0.05, 0.1) is 11.6 Å². The third-order valence-corrected chi connectivity index (χ3v) is 3.81. The fraction of sp³-hybridized carbons (Fsp3) is 0.533. The Bertz CT molecular complexity index is 501. The smallest absolute Gasteiger partial charge is 0.150 e. The highest BCUT2D eigenvalue weighted by Gasteiger charge is 2.27. The van der Waals surface area contributed by atoms with Crippen LogP contribution in [0.4, 0.5) is 14.5 Å². The molecule has 1 aliphatic rings. The molecule has 0 saturated carbocycles. The molecule has 1 aliphatic heterocycles. The topological polar surface area (TPSA) is 30.3 Å². The number of anilines is 1. The van der Waals surface area contributed by atoms with Crippen molar-refractivity contribution in [1.82, 2.24) is 4.90 Å². The molecule has 0 N–H and O–H groups in total. The van der Waals surface area contributed by atoms with Gasteiger partial charge in [-0.1, -0.05) is 6.92 Å². The van der Waals surface area contributed by atoms with Crippen LogP contribution in [0.1, 0.15) is 25.3 Å². The summed E-state index contributed by atoms with van der Waals surface area (Å²) in [7, 11) is 2.03. The highest BCUT2D eigenvalue weighted by Crippen LogP contribution is 2.29. The number of rotatable bonds is 2. The van der Waals surface area contributed by atoms with Crippen molar-refractivity contribution in [3.05, 3.63) is 29.3 Å². The third kappa shape index (κ3) is 2.91. The molecule has 1 aromatic carbocycles. The zero-order valence-electron chi connectivity index (χ0n) is 11.9. The molecule has 20 heavy (non-hydrogen) atoms. The molecular formula is C15H19F2N3. The Morgan fingerprint density at radius 1 is 1.30 bits per heavy atom. The summed E-state index contributed by atoms with van der Waals surface area (Å²) in [4.78, 5) is 4.00. The number of halogens is 2. The average molecular weight is 279 g/mol. The van der Waals surface area contributed by atoms with Crippen LogP contribution in [-0.2, 0) is 0 Å². The van der Waals surface area contributed by atoms with E-state index in [-0.39, 0.29) is 17.3 Å². The van der Waals surface area contributed by atoms with Crippen LogP contribution in [-0.4, -0.2) is 37.6 Å². The maximum atomic E-state index is 14.2. The maximum Gasteiger partial charge on any atom is 0.150 e. The normalized spacial score (nSPS) is 20.6. The summed E-state index contributed by atoms with van der Waals surface area (Å²) in [6.45, 7) is 4.36. The molecule has 3 nitrogen and oxygen atoms in total. The summed E-state index contributed by atoms with van der Waals surface area (Å²) in [6.07, 6.45) is 1.69. The van der Waals surface area contributed by atoms with Gasteiger partial charge < -0.3 is 9.80 Å². The first kappa shape index (κ1) is 14.7. The van der Waals surface area contributed by atoms with Crippen molar-refractivity contribution in [2.75, 3.05) is 31.6 Å². The standard InChI is InChI=1S/C15H19F2N3/c1-3-12-10-19(2)5-4-6-20(12)15-13(16)7-11(9-18)8-14(15)17/h7-8,12H,3-6,10H2,1-2H3. The number of nitrogens with zero attached hydrogens (tertiary/aromatic N) is 3. The van der Waals surface area contributed by atoms with E-state index in [4.69, 9.17) is 5.26 Å². The van der Waals surface area contributed by atoms with Crippen molar-refractivity contribution >= 4 is 5.69 Å². The minimum atomic E-state index is -0.649. The summed E-state index contributed by atoms with van der Waals surface area (Å²) in [5.41, 5.74) is 0.0230. The molecule has 1 aromatic rings. The van der Waals surface area contributed by atoms with Gasteiger partial charge in [-0.05, 0) is 38.6 Å². The van der Waals surface area contributed by atoms with Gasteiger partial charge in [-0.15, -0.1) is 0 Å². The molecule has 0 amide bonds. The molecular weight excluding hydrogens is 260 g/mol. The summed E-state index contributed by atoms with van der Waals surface area (Å²) in [5, 5.41) is 8.76. The van der Waals surface area contributed by atoms with Crippen LogP contribution in [0.3, 0.4) is 0 Å². The summed E-state index contributed by atoms with van der Waals surface area (Å²) < 4.78 is 28.4. The maximum absolute atomic E-state index is 14.2. The van der Waals surface area contributed by atoms with Crippen LogP contribution in [0, 0.1) is 23.0 Å². The SMILES string of the molecule is CCC1CN(C)CCCN1c1c(F)cc(C#N)cc1F. The Hall–Kier alpha value is -1.67. The van der Waals surface area contributed by atoms with E-state index in [2.05, 4.69) is 4.90 Å². The lowest BCUT2D eigenvalue weighted by Crippen LogP contribution is -2.40. The zero-order valence-corrected chi connectivity index (χ0v) is 11.9. The molecule has 0 spiro atoms. The van der Waals surface area contributed by atoms with Crippen LogP contribution >= 0.6 is 0 Å². The predicted octanol–water partition coefficient (Wildman–Crippen LogP) is 2.76. The van der Waals surface area contributed by atoms with Crippen LogP contribution in [0.2, 0.25) is 0 Å². The molecule has 1 fully saturated rings. The Morgan fingerprint density at radius 3 is 2.50 bits per heavy atom. The van der Waals surface area contributed by atoms with Crippen LogP contribution in [0.5, 0.6) is 0 Å². The van der Waals surface area contributed by atoms with Gasteiger partial charge in [-0.2, -0.15) is 5.26 Å². The number of nitriles is 1.